The minimum atomic E-state index is -0.231. The molecule has 0 unspecified atom stereocenters. The maximum absolute atomic E-state index is 11.8. The van der Waals surface area contributed by atoms with Gasteiger partial charge in [0.2, 0.25) is 0 Å². The molecule has 0 amide bonds. The van der Waals surface area contributed by atoms with E-state index in [2.05, 4.69) is 51.3 Å². The van der Waals surface area contributed by atoms with Crippen molar-refractivity contribution < 1.29 is 14.3 Å². The Hall–Kier alpha value is -2.29. The van der Waals surface area contributed by atoms with Crippen LogP contribution in [0.5, 0.6) is 5.75 Å². The van der Waals surface area contributed by atoms with E-state index in [0.717, 1.165) is 21.3 Å². The smallest absolute Gasteiger partial charge is 0.307 e. The molecular formula is C23H21BrO3S. The van der Waals surface area contributed by atoms with Gasteiger partial charge in [-0.1, -0.05) is 24.1 Å². The van der Waals surface area contributed by atoms with Gasteiger partial charge in [0.25, 0.3) is 0 Å². The van der Waals surface area contributed by atoms with E-state index < -0.39 is 0 Å². The summed E-state index contributed by atoms with van der Waals surface area (Å²) in [5, 5.41) is 3.31. The Balaban J connectivity index is 1.65. The van der Waals surface area contributed by atoms with Gasteiger partial charge in [-0.25, -0.2) is 0 Å². The first-order chi connectivity index (χ1) is 13.6. The van der Waals surface area contributed by atoms with E-state index in [9.17, 15) is 4.79 Å². The normalized spacial score (nSPS) is 11.5. The van der Waals surface area contributed by atoms with Crippen LogP contribution in [0.4, 0.5) is 0 Å². The number of halogens is 1. The quantitative estimate of drug-likeness (QED) is 0.308. The molecule has 1 atom stereocenters. The average molecular weight is 457 g/mol. The minimum absolute atomic E-state index is 0.170. The van der Waals surface area contributed by atoms with Crippen molar-refractivity contribution >= 4 is 43.3 Å². The monoisotopic (exact) mass is 456 g/mol. The standard InChI is InChI=1S/C23H21BrO3S/c1-3-5-18(13-23(25)26-4-2)17-7-9-19(10-8-17)27-14-16-6-11-22-20(12-16)21(24)15-28-22/h6-12,15,18H,4,13-14H2,1-2H3/t18-/m0/s1. The highest BCUT2D eigenvalue weighted by molar-refractivity contribution is 9.10. The summed E-state index contributed by atoms with van der Waals surface area (Å²) >= 11 is 5.30. The van der Waals surface area contributed by atoms with Crippen LogP contribution in [0.3, 0.4) is 0 Å². The molecule has 2 aromatic carbocycles. The molecule has 3 nitrogen and oxygen atoms in total. The minimum Gasteiger partial charge on any atom is -0.489 e. The first kappa shape index (κ1) is 20.4. The molecule has 0 fully saturated rings. The lowest BCUT2D eigenvalue weighted by Crippen LogP contribution is -2.09. The SMILES string of the molecule is CC#C[C@@H](CC(=O)OCC)c1ccc(OCc2ccc3scc(Br)c3c2)cc1. The van der Waals surface area contributed by atoms with Crippen molar-refractivity contribution in [1.29, 1.82) is 0 Å². The Labute approximate surface area is 177 Å². The molecule has 1 aromatic heterocycles. The number of rotatable bonds is 7. The van der Waals surface area contributed by atoms with Crippen LogP contribution in [0.2, 0.25) is 0 Å². The van der Waals surface area contributed by atoms with E-state index in [1.165, 1.54) is 10.1 Å². The van der Waals surface area contributed by atoms with E-state index in [1.807, 2.05) is 24.3 Å². The predicted molar refractivity (Wildman–Crippen MR) is 118 cm³/mol. The molecule has 28 heavy (non-hydrogen) atoms. The second-order valence-corrected chi connectivity index (χ2v) is 7.99. The van der Waals surface area contributed by atoms with E-state index >= 15 is 0 Å². The fourth-order valence-electron chi connectivity index (χ4n) is 2.91. The Morgan fingerprint density at radius 3 is 2.71 bits per heavy atom. The molecular weight excluding hydrogens is 436 g/mol. The highest BCUT2D eigenvalue weighted by Crippen LogP contribution is 2.31. The van der Waals surface area contributed by atoms with Gasteiger partial charge in [0.15, 0.2) is 0 Å². The summed E-state index contributed by atoms with van der Waals surface area (Å²) in [6.07, 6.45) is 0.254. The third-order valence-corrected chi connectivity index (χ3v) is 6.20. The highest BCUT2D eigenvalue weighted by Gasteiger charge is 2.15. The van der Waals surface area contributed by atoms with Crippen molar-refractivity contribution in [3.8, 4) is 17.6 Å². The Morgan fingerprint density at radius 1 is 1.21 bits per heavy atom. The number of thiophene rings is 1. The molecule has 0 aliphatic rings. The van der Waals surface area contributed by atoms with E-state index in [-0.39, 0.29) is 18.3 Å². The summed E-state index contributed by atoms with van der Waals surface area (Å²) in [5.41, 5.74) is 2.10. The van der Waals surface area contributed by atoms with Gasteiger partial charge in [-0.2, -0.15) is 0 Å². The van der Waals surface area contributed by atoms with Crippen molar-refractivity contribution in [1.82, 2.24) is 0 Å². The van der Waals surface area contributed by atoms with Crippen LogP contribution in [-0.4, -0.2) is 12.6 Å². The van der Waals surface area contributed by atoms with Gasteiger partial charge in [-0.3, -0.25) is 4.79 Å². The maximum Gasteiger partial charge on any atom is 0.307 e. The lowest BCUT2D eigenvalue weighted by atomic mass is 9.96. The summed E-state index contributed by atoms with van der Waals surface area (Å²) < 4.78 is 13.4. The number of carbonyl (C=O) groups is 1. The zero-order chi connectivity index (χ0) is 19.9. The van der Waals surface area contributed by atoms with Crippen molar-refractivity contribution in [2.45, 2.75) is 32.8 Å². The zero-order valence-electron chi connectivity index (χ0n) is 15.8. The van der Waals surface area contributed by atoms with Crippen LogP contribution in [-0.2, 0) is 16.1 Å². The predicted octanol–water partition coefficient (Wildman–Crippen LogP) is 6.30. The fourth-order valence-corrected chi connectivity index (χ4v) is 4.45. The van der Waals surface area contributed by atoms with E-state index in [4.69, 9.17) is 9.47 Å². The van der Waals surface area contributed by atoms with Crippen molar-refractivity contribution in [2.75, 3.05) is 6.61 Å². The van der Waals surface area contributed by atoms with E-state index in [0.29, 0.717) is 13.2 Å². The third kappa shape index (κ3) is 5.15. The zero-order valence-corrected chi connectivity index (χ0v) is 18.2. The maximum atomic E-state index is 11.8. The van der Waals surface area contributed by atoms with Crippen LogP contribution >= 0.6 is 27.3 Å². The number of esters is 1. The van der Waals surface area contributed by atoms with Gasteiger partial charge >= 0.3 is 5.97 Å². The molecule has 0 N–H and O–H groups in total. The Bertz CT molecular complexity index is 1010. The summed E-state index contributed by atoms with van der Waals surface area (Å²) in [6.45, 7) is 4.46. The molecule has 0 aliphatic carbocycles. The Kier molecular flexibility index (Phi) is 7.13. The average Bonchev–Trinajstić information content (AvgIpc) is 3.07. The number of hydrogen-bond donors (Lipinski definition) is 0. The second-order valence-electron chi connectivity index (χ2n) is 6.23. The van der Waals surface area contributed by atoms with Crippen LogP contribution in [0.15, 0.2) is 52.3 Å². The number of hydrogen-bond acceptors (Lipinski definition) is 4. The molecule has 5 heteroatoms. The summed E-state index contributed by atoms with van der Waals surface area (Å²) in [6, 6.07) is 14.1. The first-order valence-electron chi connectivity index (χ1n) is 9.07. The molecule has 0 aliphatic heterocycles. The van der Waals surface area contributed by atoms with Crippen molar-refractivity contribution in [2.24, 2.45) is 0 Å². The summed E-state index contributed by atoms with van der Waals surface area (Å²) in [4.78, 5) is 11.8. The largest absolute Gasteiger partial charge is 0.489 e. The Morgan fingerprint density at radius 2 is 2.00 bits per heavy atom. The van der Waals surface area contributed by atoms with Crippen LogP contribution < -0.4 is 4.74 Å². The van der Waals surface area contributed by atoms with Gasteiger partial charge in [0, 0.05) is 19.9 Å². The van der Waals surface area contributed by atoms with Gasteiger partial charge in [0.1, 0.15) is 12.4 Å². The number of benzene rings is 2. The summed E-state index contributed by atoms with van der Waals surface area (Å²) in [7, 11) is 0. The van der Waals surface area contributed by atoms with Crippen molar-refractivity contribution in [3.05, 3.63) is 63.4 Å². The number of fused-ring (bicyclic) bond motifs is 1. The molecule has 0 saturated carbocycles. The highest BCUT2D eigenvalue weighted by atomic mass is 79.9. The fraction of sp³-hybridized carbons (Fsp3) is 0.261. The summed E-state index contributed by atoms with van der Waals surface area (Å²) in [5.74, 6) is 6.37. The lowest BCUT2D eigenvalue weighted by molar-refractivity contribution is -0.143. The third-order valence-electron chi connectivity index (χ3n) is 4.27. The van der Waals surface area contributed by atoms with Gasteiger partial charge in [-0.15, -0.1) is 17.3 Å². The number of ether oxygens (including phenoxy) is 2. The van der Waals surface area contributed by atoms with Crippen LogP contribution in [0.1, 0.15) is 37.3 Å². The van der Waals surface area contributed by atoms with Crippen LogP contribution in [0, 0.1) is 11.8 Å². The van der Waals surface area contributed by atoms with Gasteiger partial charge < -0.3 is 9.47 Å². The second kappa shape index (κ2) is 9.77. The molecule has 0 radical (unpaired) electrons. The molecule has 0 spiro atoms. The lowest BCUT2D eigenvalue weighted by Gasteiger charge is -2.12. The van der Waals surface area contributed by atoms with Crippen LogP contribution in [0.25, 0.3) is 10.1 Å². The number of carbonyl (C=O) groups excluding carboxylic acids is 1. The van der Waals surface area contributed by atoms with Gasteiger partial charge in [-0.05, 0) is 65.2 Å². The molecule has 0 saturated heterocycles. The molecule has 3 rings (SSSR count). The molecule has 3 aromatic rings. The topological polar surface area (TPSA) is 35.5 Å². The molecule has 0 bridgehead atoms. The molecule has 144 valence electrons. The van der Waals surface area contributed by atoms with E-state index in [1.54, 1.807) is 25.2 Å². The van der Waals surface area contributed by atoms with Crippen molar-refractivity contribution in [3.63, 3.8) is 0 Å². The van der Waals surface area contributed by atoms with Gasteiger partial charge in [0.05, 0.1) is 18.9 Å². The first-order valence-corrected chi connectivity index (χ1v) is 10.7. The molecule has 1 heterocycles.